The zero-order valence-electron chi connectivity index (χ0n) is 13.1. The fourth-order valence-corrected chi connectivity index (χ4v) is 3.17. The Morgan fingerprint density at radius 3 is 2.79 bits per heavy atom. The first kappa shape index (κ1) is 14.7. The third-order valence-corrected chi connectivity index (χ3v) is 4.44. The minimum absolute atomic E-state index is 0.710. The highest BCUT2D eigenvalue weighted by Gasteiger charge is 2.05. The van der Waals surface area contributed by atoms with E-state index in [1.165, 1.54) is 0 Å². The van der Waals surface area contributed by atoms with Crippen LogP contribution in [0.2, 0.25) is 0 Å². The summed E-state index contributed by atoms with van der Waals surface area (Å²) in [5.74, 6) is 2.27. The predicted molar refractivity (Wildman–Crippen MR) is 98.4 cm³/mol. The Hall–Kier alpha value is -2.92. The Kier molecular flexibility index (Phi) is 3.84. The van der Waals surface area contributed by atoms with E-state index < -0.39 is 0 Å². The molecule has 0 atom stereocenters. The first-order valence-corrected chi connectivity index (χ1v) is 8.47. The molecule has 0 aliphatic heterocycles. The Bertz CT molecular complexity index is 991. The van der Waals surface area contributed by atoms with Crippen LogP contribution < -0.4 is 10.1 Å². The number of nitrogens with zero attached hydrogens (tertiary/aromatic N) is 2. The van der Waals surface area contributed by atoms with Gasteiger partial charge in [0.1, 0.15) is 17.3 Å². The fraction of sp³-hybridized carbons (Fsp3) is 0.0526. The van der Waals surface area contributed by atoms with E-state index in [0.717, 1.165) is 33.1 Å². The van der Waals surface area contributed by atoms with Gasteiger partial charge in [0, 0.05) is 23.0 Å². The molecule has 24 heavy (non-hydrogen) atoms. The number of hydrogen-bond acceptors (Lipinski definition) is 5. The Morgan fingerprint density at radius 1 is 1.04 bits per heavy atom. The number of aromatic nitrogens is 2. The lowest BCUT2D eigenvalue weighted by Crippen LogP contribution is -1.94. The third-order valence-electron chi connectivity index (χ3n) is 3.56. The zero-order chi connectivity index (χ0) is 16.4. The Labute approximate surface area is 143 Å². The van der Waals surface area contributed by atoms with Crippen LogP contribution in [0.25, 0.3) is 10.8 Å². The average Bonchev–Trinajstić information content (AvgIpc) is 3.00. The largest absolute Gasteiger partial charge is 0.457 e. The van der Waals surface area contributed by atoms with Gasteiger partial charge in [-0.25, -0.2) is 9.97 Å². The number of thiazole rings is 1. The second-order valence-corrected chi connectivity index (χ2v) is 6.23. The second-order valence-electron chi connectivity index (χ2n) is 5.38. The summed E-state index contributed by atoms with van der Waals surface area (Å²) in [5, 5.41) is 8.26. The van der Waals surface area contributed by atoms with Crippen LogP contribution in [0, 0.1) is 6.92 Å². The zero-order valence-corrected chi connectivity index (χ0v) is 13.9. The molecule has 0 radical (unpaired) electrons. The number of nitrogens with one attached hydrogen (secondary N) is 1. The van der Waals surface area contributed by atoms with E-state index in [9.17, 15) is 0 Å². The van der Waals surface area contributed by atoms with Gasteiger partial charge in [-0.05, 0) is 24.4 Å². The van der Waals surface area contributed by atoms with Gasteiger partial charge in [0.05, 0.1) is 5.69 Å². The number of fused-ring (bicyclic) bond motifs is 1. The van der Waals surface area contributed by atoms with E-state index >= 15 is 0 Å². The van der Waals surface area contributed by atoms with Crippen molar-refractivity contribution in [3.05, 3.63) is 71.9 Å². The van der Waals surface area contributed by atoms with Crippen LogP contribution in [0.15, 0.2) is 66.2 Å². The molecule has 0 unspecified atom stereocenters. The molecule has 2 heterocycles. The highest BCUT2D eigenvalue weighted by Crippen LogP contribution is 2.31. The van der Waals surface area contributed by atoms with Gasteiger partial charge in [-0.1, -0.05) is 36.4 Å². The topological polar surface area (TPSA) is 47.0 Å². The van der Waals surface area contributed by atoms with E-state index in [1.54, 1.807) is 17.5 Å². The summed E-state index contributed by atoms with van der Waals surface area (Å²) in [6.07, 6.45) is 1.73. The quantitative estimate of drug-likeness (QED) is 0.533. The molecule has 5 heteroatoms. The third kappa shape index (κ3) is 3.07. The molecule has 2 aromatic carbocycles. The van der Waals surface area contributed by atoms with Crippen LogP contribution in [0.4, 0.5) is 10.9 Å². The number of ether oxygens (including phenoxy) is 1. The summed E-state index contributed by atoms with van der Waals surface area (Å²) in [6.45, 7) is 1.97. The molecule has 0 fully saturated rings. The SMILES string of the molecule is Cc1csc(Nc2cc(Oc3cccc4ccccc34)ccn2)n1. The monoisotopic (exact) mass is 333 g/mol. The minimum atomic E-state index is 0.710. The predicted octanol–water partition coefficient (Wildman–Crippen LogP) is 5.54. The molecule has 0 bridgehead atoms. The molecule has 0 amide bonds. The standard InChI is InChI=1S/C19H15N3OS/c1-13-12-24-19(21-13)22-18-11-15(9-10-20-18)23-17-8-4-6-14-5-2-3-7-16(14)17/h2-12H,1H3,(H,20,21,22). The van der Waals surface area contributed by atoms with Crippen molar-refractivity contribution in [2.24, 2.45) is 0 Å². The molecule has 0 saturated heterocycles. The maximum absolute atomic E-state index is 6.08. The van der Waals surface area contributed by atoms with Crippen molar-refractivity contribution in [1.82, 2.24) is 9.97 Å². The van der Waals surface area contributed by atoms with Gasteiger partial charge in [0.2, 0.25) is 0 Å². The molecule has 4 nitrogen and oxygen atoms in total. The second kappa shape index (κ2) is 6.29. The van der Waals surface area contributed by atoms with Gasteiger partial charge in [0.15, 0.2) is 5.13 Å². The number of anilines is 2. The highest BCUT2D eigenvalue weighted by atomic mass is 32.1. The number of rotatable bonds is 4. The van der Waals surface area contributed by atoms with Gasteiger partial charge in [-0.3, -0.25) is 0 Å². The highest BCUT2D eigenvalue weighted by molar-refractivity contribution is 7.13. The van der Waals surface area contributed by atoms with Crippen molar-refractivity contribution in [3.63, 3.8) is 0 Å². The molecule has 0 aliphatic carbocycles. The molecule has 4 rings (SSSR count). The molecular weight excluding hydrogens is 318 g/mol. The van der Waals surface area contributed by atoms with Crippen molar-refractivity contribution >= 4 is 33.1 Å². The molecule has 0 spiro atoms. The van der Waals surface area contributed by atoms with Crippen molar-refractivity contribution < 1.29 is 4.74 Å². The minimum Gasteiger partial charge on any atom is -0.457 e. The Balaban J connectivity index is 1.61. The van der Waals surface area contributed by atoms with Crippen molar-refractivity contribution in [2.45, 2.75) is 6.92 Å². The van der Waals surface area contributed by atoms with Crippen LogP contribution in [0.1, 0.15) is 5.69 Å². The van der Waals surface area contributed by atoms with Gasteiger partial charge in [-0.15, -0.1) is 11.3 Å². The van der Waals surface area contributed by atoms with E-state index in [4.69, 9.17) is 4.74 Å². The number of hydrogen-bond donors (Lipinski definition) is 1. The normalized spacial score (nSPS) is 10.7. The van der Waals surface area contributed by atoms with E-state index in [0.29, 0.717) is 5.82 Å². The lowest BCUT2D eigenvalue weighted by atomic mass is 10.1. The number of benzene rings is 2. The number of pyridine rings is 1. The summed E-state index contributed by atoms with van der Waals surface area (Å²) < 4.78 is 6.08. The van der Waals surface area contributed by atoms with Crippen LogP contribution in [0.5, 0.6) is 11.5 Å². The summed E-state index contributed by atoms with van der Waals surface area (Å²) in [7, 11) is 0. The van der Waals surface area contributed by atoms with Crippen LogP contribution >= 0.6 is 11.3 Å². The molecule has 1 N–H and O–H groups in total. The summed E-state index contributed by atoms with van der Waals surface area (Å²) >= 11 is 1.55. The average molecular weight is 333 g/mol. The van der Waals surface area contributed by atoms with E-state index in [2.05, 4.69) is 33.5 Å². The van der Waals surface area contributed by atoms with E-state index in [-0.39, 0.29) is 0 Å². The molecule has 118 valence electrons. The van der Waals surface area contributed by atoms with Gasteiger partial charge >= 0.3 is 0 Å². The van der Waals surface area contributed by atoms with Crippen molar-refractivity contribution in [1.29, 1.82) is 0 Å². The molecular formula is C19H15N3OS. The number of aryl methyl sites for hydroxylation is 1. The van der Waals surface area contributed by atoms with Crippen LogP contribution in [-0.4, -0.2) is 9.97 Å². The van der Waals surface area contributed by atoms with Gasteiger partial charge < -0.3 is 10.1 Å². The molecule has 0 aliphatic rings. The van der Waals surface area contributed by atoms with Crippen LogP contribution in [0.3, 0.4) is 0 Å². The lowest BCUT2D eigenvalue weighted by Gasteiger charge is -2.10. The summed E-state index contributed by atoms with van der Waals surface area (Å²) in [5.41, 5.74) is 0.991. The first-order valence-electron chi connectivity index (χ1n) is 7.59. The maximum Gasteiger partial charge on any atom is 0.188 e. The van der Waals surface area contributed by atoms with E-state index in [1.807, 2.05) is 48.7 Å². The maximum atomic E-state index is 6.08. The lowest BCUT2D eigenvalue weighted by molar-refractivity contribution is 0.488. The summed E-state index contributed by atoms with van der Waals surface area (Å²) in [4.78, 5) is 8.71. The molecule has 4 aromatic rings. The Morgan fingerprint density at radius 2 is 1.92 bits per heavy atom. The first-order chi connectivity index (χ1) is 11.8. The smallest absolute Gasteiger partial charge is 0.188 e. The molecule has 2 aromatic heterocycles. The van der Waals surface area contributed by atoms with Crippen molar-refractivity contribution in [2.75, 3.05) is 5.32 Å². The van der Waals surface area contributed by atoms with Gasteiger partial charge in [0.25, 0.3) is 0 Å². The van der Waals surface area contributed by atoms with Crippen molar-refractivity contribution in [3.8, 4) is 11.5 Å². The van der Waals surface area contributed by atoms with Gasteiger partial charge in [-0.2, -0.15) is 0 Å². The van der Waals surface area contributed by atoms with Crippen LogP contribution in [-0.2, 0) is 0 Å². The molecule has 0 saturated carbocycles. The fourth-order valence-electron chi connectivity index (χ4n) is 2.48. The summed E-state index contributed by atoms with van der Waals surface area (Å²) in [6, 6.07) is 17.9.